The van der Waals surface area contributed by atoms with Crippen LogP contribution in [0.15, 0.2) is 41.2 Å². The highest BCUT2D eigenvalue weighted by molar-refractivity contribution is 5.80. The largest absolute Gasteiger partial charge is 0.370 e. The van der Waals surface area contributed by atoms with Gasteiger partial charge in [-0.1, -0.05) is 18.2 Å². The smallest absolute Gasteiger partial charge is 0.195 e. The SMILES string of the molecule is Cc1cc(CCCNC2=CC(c3cccc(C)c3C)NC(N)=N2)n[nH]1. The topological polar surface area (TPSA) is 91.1 Å². The number of rotatable bonds is 6. The van der Waals surface area contributed by atoms with Gasteiger partial charge in [0.25, 0.3) is 0 Å². The molecule has 0 aliphatic carbocycles. The van der Waals surface area contributed by atoms with Crippen LogP contribution < -0.4 is 16.4 Å². The molecular weight excluding hydrogens is 312 g/mol. The van der Waals surface area contributed by atoms with Crippen LogP contribution in [0.1, 0.15) is 40.5 Å². The first-order chi connectivity index (χ1) is 12.0. The lowest BCUT2D eigenvalue weighted by Gasteiger charge is -2.24. The fourth-order valence-corrected chi connectivity index (χ4v) is 3.02. The monoisotopic (exact) mass is 338 g/mol. The summed E-state index contributed by atoms with van der Waals surface area (Å²) < 4.78 is 0. The molecule has 6 nitrogen and oxygen atoms in total. The fraction of sp³-hybridized carbons (Fsp3) is 0.368. The Morgan fingerprint density at radius 1 is 1.24 bits per heavy atom. The number of aromatic nitrogens is 2. The normalized spacial score (nSPS) is 16.8. The number of aryl methyl sites for hydroxylation is 3. The molecule has 2 heterocycles. The molecule has 0 spiro atoms. The Morgan fingerprint density at radius 3 is 2.84 bits per heavy atom. The van der Waals surface area contributed by atoms with E-state index < -0.39 is 0 Å². The van der Waals surface area contributed by atoms with Crippen molar-refractivity contribution in [3.63, 3.8) is 0 Å². The van der Waals surface area contributed by atoms with Gasteiger partial charge >= 0.3 is 0 Å². The Balaban J connectivity index is 1.61. The van der Waals surface area contributed by atoms with E-state index in [2.05, 4.69) is 70.0 Å². The van der Waals surface area contributed by atoms with E-state index in [-0.39, 0.29) is 6.04 Å². The highest BCUT2D eigenvalue weighted by Crippen LogP contribution is 2.24. The molecule has 0 saturated carbocycles. The molecule has 6 heteroatoms. The second kappa shape index (κ2) is 7.42. The Morgan fingerprint density at radius 2 is 2.08 bits per heavy atom. The van der Waals surface area contributed by atoms with Gasteiger partial charge in [0.2, 0.25) is 0 Å². The van der Waals surface area contributed by atoms with Gasteiger partial charge in [0.1, 0.15) is 5.82 Å². The summed E-state index contributed by atoms with van der Waals surface area (Å²) in [6, 6.07) is 8.45. The molecule has 25 heavy (non-hydrogen) atoms. The molecule has 0 radical (unpaired) electrons. The molecule has 1 aromatic carbocycles. The summed E-state index contributed by atoms with van der Waals surface area (Å²) in [5.41, 5.74) is 11.9. The maximum atomic E-state index is 5.98. The Kier molecular flexibility index (Phi) is 5.07. The van der Waals surface area contributed by atoms with Crippen molar-refractivity contribution in [2.75, 3.05) is 6.54 Å². The summed E-state index contributed by atoms with van der Waals surface area (Å²) in [5, 5.41) is 13.9. The highest BCUT2D eigenvalue weighted by Gasteiger charge is 2.17. The number of benzene rings is 1. The van der Waals surface area contributed by atoms with Gasteiger partial charge in [0.05, 0.1) is 11.7 Å². The maximum Gasteiger partial charge on any atom is 0.195 e. The van der Waals surface area contributed by atoms with Crippen molar-refractivity contribution in [1.29, 1.82) is 0 Å². The first kappa shape index (κ1) is 17.1. The molecule has 2 aromatic rings. The zero-order valence-electron chi connectivity index (χ0n) is 15.1. The molecule has 0 fully saturated rings. The molecule has 0 saturated heterocycles. The Hall–Kier alpha value is -2.76. The summed E-state index contributed by atoms with van der Waals surface area (Å²) in [7, 11) is 0. The van der Waals surface area contributed by atoms with Crippen molar-refractivity contribution in [1.82, 2.24) is 20.8 Å². The van der Waals surface area contributed by atoms with Gasteiger partial charge < -0.3 is 16.4 Å². The average molecular weight is 338 g/mol. The minimum Gasteiger partial charge on any atom is -0.370 e. The van der Waals surface area contributed by atoms with Gasteiger partial charge in [-0.05, 0) is 62.4 Å². The summed E-state index contributed by atoms with van der Waals surface area (Å²) in [4.78, 5) is 4.37. The highest BCUT2D eigenvalue weighted by atomic mass is 15.2. The first-order valence-corrected chi connectivity index (χ1v) is 8.66. The second-order valence-corrected chi connectivity index (χ2v) is 6.53. The van der Waals surface area contributed by atoms with Gasteiger partial charge in [0.15, 0.2) is 5.96 Å². The van der Waals surface area contributed by atoms with Crippen molar-refractivity contribution in [2.24, 2.45) is 10.7 Å². The standard InChI is InChI=1S/C19H26N6/c1-12-6-4-8-16(14(12)3)17-11-18(23-19(20)22-17)21-9-5-7-15-10-13(2)24-25-15/h4,6,8,10-11,17,21H,5,7,9H2,1-3H3,(H,24,25)(H3,20,22,23). The van der Waals surface area contributed by atoms with E-state index in [1.807, 2.05) is 6.92 Å². The second-order valence-electron chi connectivity index (χ2n) is 6.53. The van der Waals surface area contributed by atoms with Crippen LogP contribution in [0.25, 0.3) is 0 Å². The maximum absolute atomic E-state index is 5.98. The number of aliphatic imine (C=N–C) groups is 1. The van der Waals surface area contributed by atoms with Crippen LogP contribution in [0.2, 0.25) is 0 Å². The molecule has 132 valence electrons. The van der Waals surface area contributed by atoms with Gasteiger partial charge in [0, 0.05) is 12.2 Å². The summed E-state index contributed by atoms with van der Waals surface area (Å²) in [6.07, 6.45) is 4.01. The van der Waals surface area contributed by atoms with E-state index in [0.717, 1.165) is 36.6 Å². The molecule has 1 aliphatic rings. The molecule has 0 amide bonds. The third-order valence-corrected chi connectivity index (χ3v) is 4.53. The lowest BCUT2D eigenvalue weighted by molar-refractivity contribution is 0.674. The van der Waals surface area contributed by atoms with Gasteiger partial charge in [-0.3, -0.25) is 5.10 Å². The predicted molar refractivity (Wildman–Crippen MR) is 101 cm³/mol. The van der Waals surface area contributed by atoms with Gasteiger partial charge in [-0.25, -0.2) is 0 Å². The van der Waals surface area contributed by atoms with Crippen LogP contribution >= 0.6 is 0 Å². The first-order valence-electron chi connectivity index (χ1n) is 8.66. The summed E-state index contributed by atoms with van der Waals surface area (Å²) in [5.74, 6) is 1.26. The van der Waals surface area contributed by atoms with Crippen molar-refractivity contribution in [2.45, 2.75) is 39.7 Å². The summed E-state index contributed by atoms with van der Waals surface area (Å²) in [6.45, 7) is 7.10. The van der Waals surface area contributed by atoms with E-state index >= 15 is 0 Å². The third-order valence-electron chi connectivity index (χ3n) is 4.53. The number of nitrogens with two attached hydrogens (primary N) is 1. The zero-order chi connectivity index (χ0) is 17.8. The molecular formula is C19H26N6. The number of guanidine groups is 1. The van der Waals surface area contributed by atoms with Crippen LogP contribution in [0.5, 0.6) is 0 Å². The van der Waals surface area contributed by atoms with Crippen molar-refractivity contribution < 1.29 is 0 Å². The molecule has 1 aliphatic heterocycles. The zero-order valence-corrected chi connectivity index (χ0v) is 15.1. The number of nitrogens with one attached hydrogen (secondary N) is 3. The van der Waals surface area contributed by atoms with E-state index in [0.29, 0.717) is 5.96 Å². The van der Waals surface area contributed by atoms with Gasteiger partial charge in [-0.15, -0.1) is 0 Å². The summed E-state index contributed by atoms with van der Waals surface area (Å²) >= 11 is 0. The minimum atomic E-state index is 0.0360. The van der Waals surface area contributed by atoms with Crippen LogP contribution in [0.3, 0.4) is 0 Å². The average Bonchev–Trinajstić information content (AvgIpc) is 2.99. The van der Waals surface area contributed by atoms with Crippen LogP contribution in [0, 0.1) is 20.8 Å². The van der Waals surface area contributed by atoms with Crippen LogP contribution in [-0.2, 0) is 6.42 Å². The molecule has 3 rings (SSSR count). The van der Waals surface area contributed by atoms with Crippen molar-refractivity contribution in [3.8, 4) is 0 Å². The van der Waals surface area contributed by atoms with Crippen molar-refractivity contribution >= 4 is 5.96 Å². The Bertz CT molecular complexity index is 802. The number of H-pyrrole nitrogens is 1. The number of hydrogen-bond donors (Lipinski definition) is 4. The quantitative estimate of drug-likeness (QED) is 0.609. The van der Waals surface area contributed by atoms with E-state index in [4.69, 9.17) is 5.73 Å². The van der Waals surface area contributed by atoms with Crippen LogP contribution in [0.4, 0.5) is 0 Å². The van der Waals surface area contributed by atoms with Gasteiger partial charge in [-0.2, -0.15) is 10.1 Å². The lowest BCUT2D eigenvalue weighted by Crippen LogP contribution is -2.38. The third kappa shape index (κ3) is 4.21. The lowest BCUT2D eigenvalue weighted by atomic mass is 9.97. The predicted octanol–water partition coefficient (Wildman–Crippen LogP) is 2.36. The van der Waals surface area contributed by atoms with E-state index in [1.165, 1.54) is 16.7 Å². The molecule has 1 aromatic heterocycles. The van der Waals surface area contributed by atoms with Crippen LogP contribution in [-0.4, -0.2) is 22.7 Å². The van der Waals surface area contributed by atoms with E-state index in [9.17, 15) is 0 Å². The number of hydrogen-bond acceptors (Lipinski definition) is 5. The molecule has 0 bridgehead atoms. The van der Waals surface area contributed by atoms with E-state index in [1.54, 1.807) is 0 Å². The number of aromatic amines is 1. The van der Waals surface area contributed by atoms with Crippen molar-refractivity contribution in [3.05, 3.63) is 64.2 Å². The molecule has 5 N–H and O–H groups in total. The Labute approximate surface area is 148 Å². The number of nitrogens with zero attached hydrogens (tertiary/aromatic N) is 2. The molecule has 1 atom stereocenters. The minimum absolute atomic E-state index is 0.0360. The fourth-order valence-electron chi connectivity index (χ4n) is 3.02. The molecule has 1 unspecified atom stereocenters.